The number of nitrogens with zero attached hydrogens (tertiary/aromatic N) is 2. The van der Waals surface area contributed by atoms with Crippen molar-refractivity contribution in [1.82, 2.24) is 9.78 Å². The number of aromatic carboxylic acids is 1. The molecule has 110 valence electrons. The summed E-state index contributed by atoms with van der Waals surface area (Å²) in [7, 11) is 0. The average molecular weight is 287 g/mol. The highest BCUT2D eigenvalue weighted by molar-refractivity contribution is 5.92. The highest BCUT2D eigenvalue weighted by Crippen LogP contribution is 2.14. The van der Waals surface area contributed by atoms with E-state index >= 15 is 0 Å². The standard InChI is InChI=1S/C15H17N3O3/c1-9-5-4-6-12(7-9)16-13(19)8-18-11(3)14(15(20)21)10(2)17-18/h4-7H,8H2,1-3H3,(H,16,19)(H,20,21). The molecule has 6 heteroatoms. The highest BCUT2D eigenvalue weighted by Gasteiger charge is 2.18. The molecule has 0 saturated heterocycles. The van der Waals surface area contributed by atoms with Gasteiger partial charge in [-0.15, -0.1) is 0 Å². The molecule has 0 fully saturated rings. The maximum absolute atomic E-state index is 12.0. The van der Waals surface area contributed by atoms with Crippen molar-refractivity contribution in [3.8, 4) is 0 Å². The van der Waals surface area contributed by atoms with E-state index in [9.17, 15) is 9.59 Å². The lowest BCUT2D eigenvalue weighted by molar-refractivity contribution is -0.116. The molecule has 2 rings (SSSR count). The van der Waals surface area contributed by atoms with Crippen LogP contribution in [-0.2, 0) is 11.3 Å². The third kappa shape index (κ3) is 3.28. The quantitative estimate of drug-likeness (QED) is 0.902. The van der Waals surface area contributed by atoms with Crippen molar-refractivity contribution in [1.29, 1.82) is 0 Å². The van der Waals surface area contributed by atoms with Crippen molar-refractivity contribution < 1.29 is 14.7 Å². The molecule has 0 aliphatic carbocycles. The average Bonchev–Trinajstić information content (AvgIpc) is 2.64. The van der Waals surface area contributed by atoms with Crippen molar-refractivity contribution in [2.75, 3.05) is 5.32 Å². The van der Waals surface area contributed by atoms with Gasteiger partial charge in [0.2, 0.25) is 5.91 Å². The molecule has 0 unspecified atom stereocenters. The van der Waals surface area contributed by atoms with Gasteiger partial charge in [-0.05, 0) is 38.5 Å². The molecule has 0 saturated carbocycles. The highest BCUT2D eigenvalue weighted by atomic mass is 16.4. The van der Waals surface area contributed by atoms with Gasteiger partial charge in [-0.25, -0.2) is 4.79 Å². The molecule has 0 aliphatic rings. The van der Waals surface area contributed by atoms with Crippen LogP contribution in [0.25, 0.3) is 0 Å². The summed E-state index contributed by atoms with van der Waals surface area (Å²) >= 11 is 0. The van der Waals surface area contributed by atoms with Crippen LogP contribution in [0.2, 0.25) is 0 Å². The molecule has 6 nitrogen and oxygen atoms in total. The second kappa shape index (κ2) is 5.78. The molecule has 0 aliphatic heterocycles. The number of carbonyl (C=O) groups is 2. The molecule has 1 aromatic heterocycles. The first-order valence-electron chi connectivity index (χ1n) is 6.52. The van der Waals surface area contributed by atoms with Gasteiger partial charge in [-0.3, -0.25) is 9.48 Å². The monoisotopic (exact) mass is 287 g/mol. The molecule has 21 heavy (non-hydrogen) atoms. The molecule has 1 aromatic carbocycles. The lowest BCUT2D eigenvalue weighted by Crippen LogP contribution is -2.20. The summed E-state index contributed by atoms with van der Waals surface area (Å²) in [5, 5.41) is 16.0. The number of nitrogens with one attached hydrogen (secondary N) is 1. The normalized spacial score (nSPS) is 10.4. The Balaban J connectivity index is 2.13. The predicted molar refractivity (Wildman–Crippen MR) is 78.5 cm³/mol. The molecule has 2 aromatic rings. The van der Waals surface area contributed by atoms with Gasteiger partial charge in [0.25, 0.3) is 0 Å². The Morgan fingerprint density at radius 1 is 1.29 bits per heavy atom. The summed E-state index contributed by atoms with van der Waals surface area (Å²) in [6, 6.07) is 7.46. The third-order valence-electron chi connectivity index (χ3n) is 3.19. The predicted octanol–water partition coefficient (Wildman–Crippen LogP) is 2.15. The Morgan fingerprint density at radius 3 is 2.57 bits per heavy atom. The summed E-state index contributed by atoms with van der Waals surface area (Å²) < 4.78 is 1.41. The summed E-state index contributed by atoms with van der Waals surface area (Å²) in [5.41, 5.74) is 2.79. The van der Waals surface area contributed by atoms with Gasteiger partial charge in [0.15, 0.2) is 0 Å². The lowest BCUT2D eigenvalue weighted by Gasteiger charge is -2.07. The van der Waals surface area contributed by atoms with Gasteiger partial charge < -0.3 is 10.4 Å². The van der Waals surface area contributed by atoms with Crippen LogP contribution in [0, 0.1) is 20.8 Å². The van der Waals surface area contributed by atoms with Gasteiger partial charge >= 0.3 is 5.97 Å². The molecule has 0 bridgehead atoms. The molecule has 0 atom stereocenters. The van der Waals surface area contributed by atoms with E-state index < -0.39 is 5.97 Å². The third-order valence-corrected chi connectivity index (χ3v) is 3.19. The van der Waals surface area contributed by atoms with Crippen LogP contribution in [0.4, 0.5) is 5.69 Å². The van der Waals surface area contributed by atoms with Gasteiger partial charge in [-0.2, -0.15) is 5.10 Å². The SMILES string of the molecule is Cc1cccc(NC(=O)Cn2nc(C)c(C(=O)O)c2C)c1. The van der Waals surface area contributed by atoms with Crippen LogP contribution in [0.5, 0.6) is 0 Å². The number of rotatable bonds is 4. The summed E-state index contributed by atoms with van der Waals surface area (Å²) in [4.78, 5) is 23.1. The minimum Gasteiger partial charge on any atom is -0.478 e. The second-order valence-electron chi connectivity index (χ2n) is 4.93. The van der Waals surface area contributed by atoms with Gasteiger partial charge in [0, 0.05) is 5.69 Å². The number of anilines is 1. The Morgan fingerprint density at radius 2 is 2.00 bits per heavy atom. The minimum atomic E-state index is -1.03. The number of carboxylic acid groups (broad SMARTS) is 1. The van der Waals surface area contributed by atoms with E-state index in [1.165, 1.54) is 4.68 Å². The second-order valence-corrected chi connectivity index (χ2v) is 4.93. The number of aryl methyl sites for hydroxylation is 2. The zero-order chi connectivity index (χ0) is 15.6. The molecule has 0 spiro atoms. The van der Waals surface area contributed by atoms with Crippen LogP contribution in [-0.4, -0.2) is 26.8 Å². The van der Waals surface area contributed by atoms with Crippen molar-refractivity contribution >= 4 is 17.6 Å². The van der Waals surface area contributed by atoms with Gasteiger partial charge in [-0.1, -0.05) is 12.1 Å². The Labute approximate surface area is 122 Å². The van der Waals surface area contributed by atoms with E-state index in [-0.39, 0.29) is 18.0 Å². The smallest absolute Gasteiger partial charge is 0.339 e. The van der Waals surface area contributed by atoms with E-state index in [4.69, 9.17) is 5.11 Å². The van der Waals surface area contributed by atoms with Crippen molar-refractivity contribution in [2.45, 2.75) is 27.3 Å². The summed E-state index contributed by atoms with van der Waals surface area (Å²) in [6.07, 6.45) is 0. The number of hydrogen-bond acceptors (Lipinski definition) is 3. The largest absolute Gasteiger partial charge is 0.478 e. The van der Waals surface area contributed by atoms with Crippen LogP contribution < -0.4 is 5.32 Å². The fraction of sp³-hybridized carbons (Fsp3) is 0.267. The number of amides is 1. The first-order valence-corrected chi connectivity index (χ1v) is 6.52. The van der Waals surface area contributed by atoms with Crippen LogP contribution >= 0.6 is 0 Å². The zero-order valence-electron chi connectivity index (χ0n) is 12.2. The molecule has 1 amide bonds. The zero-order valence-corrected chi connectivity index (χ0v) is 12.2. The number of aromatic nitrogens is 2. The topological polar surface area (TPSA) is 84.2 Å². The Hall–Kier alpha value is -2.63. The first-order chi connectivity index (χ1) is 9.88. The summed E-state index contributed by atoms with van der Waals surface area (Å²) in [6.45, 7) is 5.18. The number of carboxylic acids is 1. The van der Waals surface area contributed by atoms with Crippen molar-refractivity contribution in [3.05, 3.63) is 46.8 Å². The number of carbonyl (C=O) groups excluding carboxylic acids is 1. The fourth-order valence-corrected chi connectivity index (χ4v) is 2.22. The van der Waals surface area contributed by atoms with Crippen molar-refractivity contribution in [2.24, 2.45) is 0 Å². The van der Waals surface area contributed by atoms with Crippen LogP contribution in [0.15, 0.2) is 24.3 Å². The number of benzene rings is 1. The van der Waals surface area contributed by atoms with E-state index in [0.29, 0.717) is 17.1 Å². The molecule has 0 radical (unpaired) electrons. The maximum atomic E-state index is 12.0. The van der Waals surface area contributed by atoms with E-state index in [1.54, 1.807) is 19.9 Å². The maximum Gasteiger partial charge on any atom is 0.339 e. The van der Waals surface area contributed by atoms with Gasteiger partial charge in [0.1, 0.15) is 12.1 Å². The molecular weight excluding hydrogens is 270 g/mol. The van der Waals surface area contributed by atoms with Crippen molar-refractivity contribution in [3.63, 3.8) is 0 Å². The Bertz CT molecular complexity index is 704. The fourth-order valence-electron chi connectivity index (χ4n) is 2.22. The van der Waals surface area contributed by atoms with Crippen LogP contribution in [0.3, 0.4) is 0 Å². The number of hydrogen-bond donors (Lipinski definition) is 2. The van der Waals surface area contributed by atoms with E-state index in [1.807, 2.05) is 25.1 Å². The van der Waals surface area contributed by atoms with E-state index in [2.05, 4.69) is 10.4 Å². The first kappa shape index (κ1) is 14.8. The molecule has 2 N–H and O–H groups in total. The molecule has 1 heterocycles. The Kier molecular flexibility index (Phi) is 4.07. The van der Waals surface area contributed by atoms with E-state index in [0.717, 1.165) is 5.56 Å². The summed E-state index contributed by atoms with van der Waals surface area (Å²) in [5.74, 6) is -1.28. The van der Waals surface area contributed by atoms with Crippen LogP contribution in [0.1, 0.15) is 27.3 Å². The lowest BCUT2D eigenvalue weighted by atomic mass is 10.2. The van der Waals surface area contributed by atoms with Gasteiger partial charge in [0.05, 0.1) is 11.4 Å². The molecular formula is C15H17N3O3. The minimum absolute atomic E-state index is 0.0199.